The van der Waals surface area contributed by atoms with Gasteiger partial charge in [-0.2, -0.15) is 0 Å². The van der Waals surface area contributed by atoms with Crippen LogP contribution in [0, 0.1) is 0 Å². The maximum absolute atomic E-state index is 12.5. The summed E-state index contributed by atoms with van der Waals surface area (Å²) in [6.07, 6.45) is 0.992. The van der Waals surface area contributed by atoms with Crippen LogP contribution in [0.4, 0.5) is 0 Å². The van der Waals surface area contributed by atoms with Gasteiger partial charge in [0.05, 0.1) is 0 Å². The molecule has 0 unspecified atom stereocenters. The van der Waals surface area contributed by atoms with Gasteiger partial charge in [0.2, 0.25) is 17.7 Å². The Labute approximate surface area is 143 Å². The molecule has 4 N–H and O–H groups in total. The van der Waals surface area contributed by atoms with Crippen LogP contribution < -0.4 is 10.6 Å². The Balaban J connectivity index is 1.98. The lowest BCUT2D eigenvalue weighted by Crippen LogP contribution is -2.54. The van der Waals surface area contributed by atoms with Gasteiger partial charge in [0.1, 0.15) is 18.1 Å². The predicted molar refractivity (Wildman–Crippen MR) is 82.3 cm³/mol. The number of likely N-dealkylation sites (tertiary alicyclic amines) is 1. The Kier molecular flexibility index (Phi) is 5.94. The standard InChI is InChI=1S/C15H21N3O7/c19-11-5-3-8(16-11)14(23)18-7-1-2-10(18)13(22)17-9(15(24)25)4-6-12(20)21/h8-10H,1-7H2,(H,16,19)(H,17,22)(H,20,21)(H,24,25)/t8-,9-,10-/m0/s1. The molecule has 3 amide bonds. The minimum Gasteiger partial charge on any atom is -0.481 e. The number of aliphatic carboxylic acids is 2. The zero-order chi connectivity index (χ0) is 18.6. The average molecular weight is 355 g/mol. The Bertz CT molecular complexity index is 592. The lowest BCUT2D eigenvalue weighted by Gasteiger charge is -2.27. The van der Waals surface area contributed by atoms with Gasteiger partial charge in [0.15, 0.2) is 0 Å². The van der Waals surface area contributed by atoms with E-state index in [-0.39, 0.29) is 24.7 Å². The summed E-state index contributed by atoms with van der Waals surface area (Å²) in [4.78, 5) is 59.3. The number of rotatable bonds is 7. The lowest BCUT2D eigenvalue weighted by atomic mass is 10.1. The van der Waals surface area contributed by atoms with Gasteiger partial charge in [-0.3, -0.25) is 19.2 Å². The van der Waals surface area contributed by atoms with E-state index in [0.717, 1.165) is 0 Å². The van der Waals surface area contributed by atoms with E-state index in [4.69, 9.17) is 10.2 Å². The van der Waals surface area contributed by atoms with Crippen LogP contribution in [0.25, 0.3) is 0 Å². The highest BCUT2D eigenvalue weighted by Gasteiger charge is 2.40. The average Bonchev–Trinajstić information content (AvgIpc) is 3.18. The molecular formula is C15H21N3O7. The Morgan fingerprint density at radius 2 is 1.96 bits per heavy atom. The second kappa shape index (κ2) is 7.95. The highest BCUT2D eigenvalue weighted by molar-refractivity contribution is 5.95. The molecule has 0 saturated carbocycles. The molecule has 0 spiro atoms. The molecule has 0 bridgehead atoms. The molecule has 2 saturated heterocycles. The topological polar surface area (TPSA) is 153 Å². The minimum atomic E-state index is -1.33. The van der Waals surface area contributed by atoms with Crippen molar-refractivity contribution >= 4 is 29.7 Å². The molecule has 10 heteroatoms. The van der Waals surface area contributed by atoms with Gasteiger partial charge in [-0.25, -0.2) is 4.79 Å². The van der Waals surface area contributed by atoms with E-state index < -0.39 is 42.4 Å². The van der Waals surface area contributed by atoms with Crippen molar-refractivity contribution in [2.45, 2.75) is 56.7 Å². The third-order valence-electron chi connectivity index (χ3n) is 4.39. The van der Waals surface area contributed by atoms with Crippen molar-refractivity contribution in [3.63, 3.8) is 0 Å². The van der Waals surface area contributed by atoms with Crippen LogP contribution >= 0.6 is 0 Å². The van der Waals surface area contributed by atoms with Crippen LogP contribution in [-0.2, 0) is 24.0 Å². The van der Waals surface area contributed by atoms with Crippen LogP contribution in [0.1, 0.15) is 38.5 Å². The molecule has 0 radical (unpaired) electrons. The van der Waals surface area contributed by atoms with Crippen LogP contribution in [-0.4, -0.2) is 69.4 Å². The van der Waals surface area contributed by atoms with E-state index >= 15 is 0 Å². The summed E-state index contributed by atoms with van der Waals surface area (Å²) >= 11 is 0. The number of carbonyl (C=O) groups excluding carboxylic acids is 3. The van der Waals surface area contributed by atoms with Crippen LogP contribution in [0.15, 0.2) is 0 Å². The van der Waals surface area contributed by atoms with Crippen molar-refractivity contribution in [3.8, 4) is 0 Å². The van der Waals surface area contributed by atoms with E-state index in [1.165, 1.54) is 4.90 Å². The molecular weight excluding hydrogens is 334 g/mol. The molecule has 2 rings (SSSR count). The number of amides is 3. The zero-order valence-corrected chi connectivity index (χ0v) is 13.6. The number of nitrogens with one attached hydrogen (secondary N) is 2. The summed E-state index contributed by atoms with van der Waals surface area (Å²) in [5, 5.41) is 22.6. The normalized spacial score (nSPS) is 23.8. The molecule has 0 aromatic rings. The van der Waals surface area contributed by atoms with Gasteiger partial charge >= 0.3 is 11.9 Å². The fourth-order valence-corrected chi connectivity index (χ4v) is 3.10. The van der Waals surface area contributed by atoms with Gasteiger partial charge in [0.25, 0.3) is 0 Å². The molecule has 3 atom stereocenters. The van der Waals surface area contributed by atoms with E-state index in [2.05, 4.69) is 10.6 Å². The molecule has 25 heavy (non-hydrogen) atoms. The molecule has 2 aliphatic rings. The first-order chi connectivity index (χ1) is 11.8. The number of carboxylic acids is 2. The van der Waals surface area contributed by atoms with Crippen molar-refractivity contribution < 1.29 is 34.2 Å². The first kappa shape index (κ1) is 18.7. The summed E-state index contributed by atoms with van der Waals surface area (Å²) < 4.78 is 0. The molecule has 2 heterocycles. The second-order valence-electron chi connectivity index (χ2n) is 6.18. The van der Waals surface area contributed by atoms with Gasteiger partial charge in [-0.05, 0) is 25.7 Å². The van der Waals surface area contributed by atoms with Crippen molar-refractivity contribution in [2.75, 3.05) is 6.54 Å². The molecule has 2 aliphatic heterocycles. The summed E-state index contributed by atoms with van der Waals surface area (Å²) in [5.74, 6) is -3.66. The fraction of sp³-hybridized carbons (Fsp3) is 0.667. The first-order valence-electron chi connectivity index (χ1n) is 8.14. The predicted octanol–water partition coefficient (Wildman–Crippen LogP) is -1.31. The van der Waals surface area contributed by atoms with Gasteiger partial charge in [0, 0.05) is 19.4 Å². The van der Waals surface area contributed by atoms with Gasteiger partial charge in [-0.15, -0.1) is 0 Å². The third-order valence-corrected chi connectivity index (χ3v) is 4.39. The number of nitrogens with zero attached hydrogens (tertiary/aromatic N) is 1. The minimum absolute atomic E-state index is 0.210. The summed E-state index contributed by atoms with van der Waals surface area (Å²) in [7, 11) is 0. The van der Waals surface area contributed by atoms with Gasteiger partial charge in [-0.1, -0.05) is 0 Å². The third kappa shape index (κ3) is 4.68. The summed E-state index contributed by atoms with van der Waals surface area (Å²) in [5.41, 5.74) is 0. The first-order valence-corrected chi connectivity index (χ1v) is 8.14. The lowest BCUT2D eigenvalue weighted by molar-refractivity contribution is -0.145. The molecule has 2 fully saturated rings. The zero-order valence-electron chi connectivity index (χ0n) is 13.6. The maximum Gasteiger partial charge on any atom is 0.326 e. The Hall–Kier alpha value is -2.65. The largest absolute Gasteiger partial charge is 0.481 e. The maximum atomic E-state index is 12.5. The molecule has 0 aromatic heterocycles. The highest BCUT2D eigenvalue weighted by Crippen LogP contribution is 2.21. The molecule has 138 valence electrons. The van der Waals surface area contributed by atoms with E-state index in [1.54, 1.807) is 0 Å². The van der Waals surface area contributed by atoms with E-state index in [1.807, 2.05) is 0 Å². The van der Waals surface area contributed by atoms with Crippen molar-refractivity contribution in [3.05, 3.63) is 0 Å². The molecule has 0 aliphatic carbocycles. The van der Waals surface area contributed by atoms with Crippen LogP contribution in [0.3, 0.4) is 0 Å². The Morgan fingerprint density at radius 1 is 1.24 bits per heavy atom. The quantitative estimate of drug-likeness (QED) is 0.442. The van der Waals surface area contributed by atoms with Crippen molar-refractivity contribution in [2.24, 2.45) is 0 Å². The Morgan fingerprint density at radius 3 is 2.52 bits per heavy atom. The van der Waals surface area contributed by atoms with Crippen LogP contribution in [0.5, 0.6) is 0 Å². The number of carboxylic acid groups (broad SMARTS) is 2. The molecule has 10 nitrogen and oxygen atoms in total. The fourth-order valence-electron chi connectivity index (χ4n) is 3.10. The number of hydrogen-bond acceptors (Lipinski definition) is 5. The number of hydrogen-bond donors (Lipinski definition) is 4. The highest BCUT2D eigenvalue weighted by atomic mass is 16.4. The van der Waals surface area contributed by atoms with E-state index in [9.17, 15) is 24.0 Å². The van der Waals surface area contributed by atoms with Crippen molar-refractivity contribution in [1.82, 2.24) is 15.5 Å². The number of carbonyl (C=O) groups is 5. The second-order valence-corrected chi connectivity index (χ2v) is 6.18. The monoisotopic (exact) mass is 355 g/mol. The summed E-state index contributed by atoms with van der Waals surface area (Å²) in [6, 6.07) is -2.79. The SMILES string of the molecule is O=C(O)CC[C@H](NC(=O)[C@@H]1CCCN1C(=O)[C@@H]1CCC(=O)N1)C(=O)O. The smallest absolute Gasteiger partial charge is 0.326 e. The summed E-state index contributed by atoms with van der Waals surface area (Å²) in [6.45, 7) is 0.357. The van der Waals surface area contributed by atoms with Crippen LogP contribution in [0.2, 0.25) is 0 Å². The van der Waals surface area contributed by atoms with E-state index in [0.29, 0.717) is 25.8 Å². The molecule has 0 aromatic carbocycles. The van der Waals surface area contributed by atoms with Crippen molar-refractivity contribution in [1.29, 1.82) is 0 Å². The van der Waals surface area contributed by atoms with Gasteiger partial charge < -0.3 is 25.7 Å².